The van der Waals surface area contributed by atoms with E-state index in [2.05, 4.69) is 5.10 Å². The van der Waals surface area contributed by atoms with Crippen LogP contribution in [0.5, 0.6) is 0 Å². The molecule has 25 heavy (non-hydrogen) atoms. The summed E-state index contributed by atoms with van der Waals surface area (Å²) in [6, 6.07) is 2.10. The molecule has 0 aliphatic carbocycles. The molecule has 2 fully saturated rings. The lowest BCUT2D eigenvalue weighted by molar-refractivity contribution is -0.181. The third kappa shape index (κ3) is 3.05. The molecule has 0 radical (unpaired) electrons. The largest absolute Gasteiger partial charge is 0.369 e. The quantitative estimate of drug-likeness (QED) is 0.754. The van der Waals surface area contributed by atoms with Gasteiger partial charge in [0.2, 0.25) is 0 Å². The Labute approximate surface area is 148 Å². The number of amides is 2. The second-order valence-corrected chi connectivity index (χ2v) is 7.15. The van der Waals surface area contributed by atoms with Crippen LogP contribution in [0.2, 0.25) is 0 Å². The molecule has 1 aromatic heterocycles. The van der Waals surface area contributed by atoms with Crippen molar-refractivity contribution in [1.29, 1.82) is 0 Å². The number of likely N-dealkylation sites (tertiary alicyclic amines) is 2. The summed E-state index contributed by atoms with van der Waals surface area (Å²) >= 11 is 0. The summed E-state index contributed by atoms with van der Waals surface area (Å²) < 4.78 is 7.16. The first kappa shape index (κ1) is 17.9. The van der Waals surface area contributed by atoms with Crippen LogP contribution in [0.3, 0.4) is 0 Å². The van der Waals surface area contributed by atoms with Gasteiger partial charge < -0.3 is 14.5 Å². The van der Waals surface area contributed by atoms with Crippen molar-refractivity contribution in [2.75, 3.05) is 20.2 Å². The van der Waals surface area contributed by atoms with Crippen molar-refractivity contribution in [1.82, 2.24) is 19.6 Å². The van der Waals surface area contributed by atoms with Crippen molar-refractivity contribution < 1.29 is 14.3 Å². The van der Waals surface area contributed by atoms with Gasteiger partial charge in [0.25, 0.3) is 11.8 Å². The number of carbonyl (C=O) groups is 2. The van der Waals surface area contributed by atoms with E-state index in [4.69, 9.17) is 4.74 Å². The van der Waals surface area contributed by atoms with E-state index in [0.717, 1.165) is 12.8 Å². The molecule has 0 aromatic carbocycles. The van der Waals surface area contributed by atoms with Crippen molar-refractivity contribution in [2.45, 2.75) is 58.3 Å². The van der Waals surface area contributed by atoms with Gasteiger partial charge in [-0.15, -0.1) is 0 Å². The molecule has 0 saturated carbocycles. The third-order valence-corrected chi connectivity index (χ3v) is 5.48. The summed E-state index contributed by atoms with van der Waals surface area (Å²) in [7, 11) is 1.61. The van der Waals surface area contributed by atoms with E-state index in [1.807, 2.05) is 30.6 Å². The van der Waals surface area contributed by atoms with Crippen molar-refractivity contribution in [3.63, 3.8) is 0 Å². The van der Waals surface area contributed by atoms with Gasteiger partial charge in [-0.3, -0.25) is 14.3 Å². The van der Waals surface area contributed by atoms with Crippen molar-refractivity contribution in [3.05, 3.63) is 18.0 Å². The van der Waals surface area contributed by atoms with Crippen LogP contribution in [0.1, 0.15) is 44.1 Å². The fourth-order valence-corrected chi connectivity index (χ4v) is 4.19. The Bertz CT molecular complexity index is 634. The molecule has 138 valence electrons. The topological polar surface area (TPSA) is 67.7 Å². The number of hydrogen-bond acceptors (Lipinski definition) is 4. The second kappa shape index (κ2) is 7.15. The van der Waals surface area contributed by atoms with E-state index in [1.54, 1.807) is 24.1 Å². The van der Waals surface area contributed by atoms with Crippen molar-refractivity contribution in [3.8, 4) is 0 Å². The monoisotopic (exact) mass is 348 g/mol. The van der Waals surface area contributed by atoms with E-state index < -0.39 is 0 Å². The fraction of sp³-hybridized carbons (Fsp3) is 0.722. The molecule has 0 unspecified atom stereocenters. The molecule has 7 heteroatoms. The Morgan fingerprint density at radius 2 is 2.04 bits per heavy atom. The maximum absolute atomic E-state index is 12.7. The number of hydrogen-bond donors (Lipinski definition) is 0. The zero-order valence-electron chi connectivity index (χ0n) is 15.5. The molecular formula is C18H28N4O3. The number of rotatable bonds is 5. The van der Waals surface area contributed by atoms with Gasteiger partial charge in [-0.2, -0.15) is 5.10 Å². The van der Waals surface area contributed by atoms with Gasteiger partial charge in [0.1, 0.15) is 5.69 Å². The Balaban J connectivity index is 1.63. The maximum atomic E-state index is 12.7. The number of nitrogens with zero attached hydrogens (tertiary/aromatic N) is 4. The molecule has 2 aliphatic heterocycles. The summed E-state index contributed by atoms with van der Waals surface area (Å²) in [6.07, 6.45) is 3.14. The van der Waals surface area contributed by atoms with Gasteiger partial charge in [-0.1, -0.05) is 0 Å². The average molecular weight is 348 g/mol. The van der Waals surface area contributed by atoms with E-state index >= 15 is 0 Å². The summed E-state index contributed by atoms with van der Waals surface area (Å²) in [5, 5.41) is 4.18. The number of piperidine rings is 1. The zero-order chi connectivity index (χ0) is 18.1. The zero-order valence-corrected chi connectivity index (χ0v) is 15.5. The van der Waals surface area contributed by atoms with E-state index in [-0.39, 0.29) is 30.0 Å². The summed E-state index contributed by atoms with van der Waals surface area (Å²) in [5.41, 5.74) is 0.651. The maximum Gasteiger partial charge on any atom is 0.272 e. The lowest BCUT2D eigenvalue weighted by atomic mass is 9.79. The van der Waals surface area contributed by atoms with E-state index in [0.29, 0.717) is 31.2 Å². The normalized spacial score (nSPS) is 24.8. The number of methoxy groups -OCH3 is 1. The predicted octanol–water partition coefficient (Wildman–Crippen LogP) is 1.39. The molecule has 3 rings (SSSR count). The molecule has 2 atom stereocenters. The molecular weight excluding hydrogens is 320 g/mol. The highest BCUT2D eigenvalue weighted by Crippen LogP contribution is 2.36. The highest BCUT2D eigenvalue weighted by atomic mass is 16.5. The summed E-state index contributed by atoms with van der Waals surface area (Å²) in [6.45, 7) is 8.18. The smallest absolute Gasteiger partial charge is 0.272 e. The van der Waals surface area contributed by atoms with E-state index in [1.165, 1.54) is 0 Å². The standard InChI is InChI=1S/C18H28N4O3/c1-5-21-14(6-9-19-21)17(23)20-10-7-13(8-11-20)15-16(25-4)18(24)22(15)12(2)3/h6,9,12-13,15-16H,5,7-8,10-11H2,1-4H3/t15-,16+/m0/s1. The fourth-order valence-electron chi connectivity index (χ4n) is 4.19. The Morgan fingerprint density at radius 1 is 1.36 bits per heavy atom. The minimum Gasteiger partial charge on any atom is -0.369 e. The van der Waals surface area contributed by atoms with Crippen molar-refractivity contribution in [2.24, 2.45) is 5.92 Å². The van der Waals surface area contributed by atoms with Crippen LogP contribution in [0.25, 0.3) is 0 Å². The van der Waals surface area contributed by atoms with Gasteiger partial charge in [0.05, 0.1) is 6.04 Å². The Hall–Kier alpha value is -1.89. The molecule has 2 aliphatic rings. The highest BCUT2D eigenvalue weighted by Gasteiger charge is 2.52. The first-order valence-electron chi connectivity index (χ1n) is 9.15. The van der Waals surface area contributed by atoms with E-state index in [9.17, 15) is 9.59 Å². The Morgan fingerprint density at radius 3 is 2.60 bits per heavy atom. The SMILES string of the molecule is CCn1nccc1C(=O)N1CCC([C@H]2[C@@H](OC)C(=O)N2C(C)C)CC1. The van der Waals surface area contributed by atoms with Gasteiger partial charge in [-0.05, 0) is 45.6 Å². The molecule has 2 saturated heterocycles. The minimum absolute atomic E-state index is 0.0477. The highest BCUT2D eigenvalue weighted by molar-refractivity contribution is 5.92. The third-order valence-electron chi connectivity index (χ3n) is 5.48. The number of aryl methyl sites for hydroxylation is 1. The van der Waals surface area contributed by atoms with Gasteiger partial charge >= 0.3 is 0 Å². The molecule has 1 aromatic rings. The van der Waals surface area contributed by atoms with Crippen LogP contribution < -0.4 is 0 Å². The van der Waals surface area contributed by atoms with Crippen LogP contribution in [0.15, 0.2) is 12.3 Å². The van der Waals surface area contributed by atoms with Gasteiger partial charge in [-0.25, -0.2) is 0 Å². The number of β-lactam (4-membered cyclic amide) rings is 1. The lowest BCUT2D eigenvalue weighted by Gasteiger charge is -2.53. The van der Waals surface area contributed by atoms with Crippen LogP contribution in [0.4, 0.5) is 0 Å². The number of ether oxygens (including phenoxy) is 1. The van der Waals surface area contributed by atoms with Crippen LogP contribution >= 0.6 is 0 Å². The molecule has 7 nitrogen and oxygen atoms in total. The van der Waals surface area contributed by atoms with Crippen LogP contribution in [-0.2, 0) is 16.1 Å². The average Bonchev–Trinajstić information content (AvgIpc) is 3.08. The number of carbonyl (C=O) groups excluding carboxylic acids is 2. The molecule has 2 amide bonds. The molecule has 0 bridgehead atoms. The first-order chi connectivity index (χ1) is 12.0. The summed E-state index contributed by atoms with van der Waals surface area (Å²) in [5.74, 6) is 0.518. The molecule has 0 N–H and O–H groups in total. The molecule has 3 heterocycles. The minimum atomic E-state index is -0.323. The van der Waals surface area contributed by atoms with Crippen LogP contribution in [0, 0.1) is 5.92 Å². The first-order valence-corrected chi connectivity index (χ1v) is 9.15. The Kier molecular flexibility index (Phi) is 5.13. The van der Waals surface area contributed by atoms with Crippen molar-refractivity contribution >= 4 is 11.8 Å². The van der Waals surface area contributed by atoms with Crippen LogP contribution in [-0.4, -0.2) is 69.8 Å². The van der Waals surface area contributed by atoms with Gasteiger partial charge in [0.15, 0.2) is 6.10 Å². The predicted molar refractivity (Wildman–Crippen MR) is 93.1 cm³/mol. The second-order valence-electron chi connectivity index (χ2n) is 7.15. The summed E-state index contributed by atoms with van der Waals surface area (Å²) in [4.78, 5) is 28.8. The molecule has 0 spiro atoms. The van der Waals surface area contributed by atoms with Gasteiger partial charge in [0, 0.05) is 39.0 Å². The lowest BCUT2D eigenvalue weighted by Crippen LogP contribution is -2.70. The number of aromatic nitrogens is 2.